The maximum absolute atomic E-state index is 12.7. The Morgan fingerprint density at radius 3 is 2.11 bits per heavy atom. The molecule has 0 aromatic rings. The molecular formula is C11H17F6NO. The number of rotatable bonds is 5. The third-order valence-electron chi connectivity index (χ3n) is 3.17. The molecule has 0 radical (unpaired) electrons. The minimum atomic E-state index is -5.31. The molecule has 1 rings (SSSR count). The summed E-state index contributed by atoms with van der Waals surface area (Å²) in [5, 5.41) is 2.40. The summed E-state index contributed by atoms with van der Waals surface area (Å²) in [5.74, 6) is -4.11. The van der Waals surface area contributed by atoms with Gasteiger partial charge in [0.2, 0.25) is 0 Å². The second-order valence-electron chi connectivity index (χ2n) is 4.66. The van der Waals surface area contributed by atoms with E-state index in [1.165, 1.54) is 0 Å². The Morgan fingerprint density at radius 1 is 1.16 bits per heavy atom. The minimum absolute atomic E-state index is 0.0654. The molecule has 1 aliphatic heterocycles. The molecule has 19 heavy (non-hydrogen) atoms. The predicted octanol–water partition coefficient (Wildman–Crippen LogP) is 3.13. The number of alkyl halides is 6. The van der Waals surface area contributed by atoms with Crippen LogP contribution in [-0.2, 0) is 4.74 Å². The Hall–Kier alpha value is -0.500. The molecule has 8 heteroatoms. The van der Waals surface area contributed by atoms with Crippen molar-refractivity contribution in [3.05, 3.63) is 0 Å². The molecule has 0 aromatic heterocycles. The molecule has 114 valence electrons. The maximum atomic E-state index is 12.7. The second kappa shape index (κ2) is 6.30. The van der Waals surface area contributed by atoms with Crippen molar-refractivity contribution in [1.29, 1.82) is 0 Å². The number of halogens is 6. The van der Waals surface area contributed by atoms with Gasteiger partial charge in [-0.2, -0.15) is 26.3 Å². The lowest BCUT2D eigenvalue weighted by molar-refractivity contribution is -0.295. The summed E-state index contributed by atoms with van der Waals surface area (Å²) in [4.78, 5) is 0. The maximum Gasteiger partial charge on any atom is 0.402 e. The molecule has 0 amide bonds. The number of hydrogen-bond acceptors (Lipinski definition) is 2. The smallest absolute Gasteiger partial charge is 0.381 e. The molecule has 2 nitrogen and oxygen atoms in total. The van der Waals surface area contributed by atoms with E-state index < -0.39 is 30.2 Å². The second-order valence-corrected chi connectivity index (χ2v) is 4.66. The predicted molar refractivity (Wildman–Crippen MR) is 56.6 cm³/mol. The average molecular weight is 293 g/mol. The summed E-state index contributed by atoms with van der Waals surface area (Å²) in [6.45, 7) is 1.94. The molecule has 1 fully saturated rings. The van der Waals surface area contributed by atoms with Crippen LogP contribution in [0.2, 0.25) is 0 Å². The van der Waals surface area contributed by atoms with Gasteiger partial charge in [0.05, 0.1) is 6.61 Å². The first-order valence-electron chi connectivity index (χ1n) is 6.12. The van der Waals surface area contributed by atoms with E-state index in [0.29, 0.717) is 6.42 Å². The molecule has 1 aliphatic rings. The highest BCUT2D eigenvalue weighted by atomic mass is 19.4. The Balaban J connectivity index is 2.95. The molecule has 2 unspecified atom stereocenters. The standard InChI is InChI=1S/C11H17F6NO/c1-2-4-18-8(7-3-5-19-6-7)9(10(12,13)14)11(15,16)17/h7-9,18H,2-6H2,1H3. The zero-order chi connectivity index (χ0) is 14.7. The van der Waals surface area contributed by atoms with Gasteiger partial charge in [0.1, 0.15) is 0 Å². The zero-order valence-corrected chi connectivity index (χ0v) is 10.4. The topological polar surface area (TPSA) is 21.3 Å². The summed E-state index contributed by atoms with van der Waals surface area (Å²) in [7, 11) is 0. The fourth-order valence-corrected chi connectivity index (χ4v) is 2.30. The van der Waals surface area contributed by atoms with Crippen LogP contribution >= 0.6 is 0 Å². The molecule has 1 N–H and O–H groups in total. The molecular weight excluding hydrogens is 276 g/mol. The van der Waals surface area contributed by atoms with Crippen LogP contribution in [0.4, 0.5) is 26.3 Å². The van der Waals surface area contributed by atoms with Gasteiger partial charge in [-0.05, 0) is 19.4 Å². The van der Waals surface area contributed by atoms with E-state index in [2.05, 4.69) is 5.32 Å². The molecule has 0 spiro atoms. The Morgan fingerprint density at radius 2 is 1.74 bits per heavy atom. The van der Waals surface area contributed by atoms with Gasteiger partial charge >= 0.3 is 12.4 Å². The van der Waals surface area contributed by atoms with Crippen molar-refractivity contribution in [2.75, 3.05) is 19.8 Å². The Bertz CT molecular complexity index is 257. The van der Waals surface area contributed by atoms with Gasteiger partial charge in [0.25, 0.3) is 0 Å². The van der Waals surface area contributed by atoms with Crippen molar-refractivity contribution < 1.29 is 31.1 Å². The van der Waals surface area contributed by atoms with Gasteiger partial charge in [0, 0.05) is 18.6 Å². The molecule has 1 saturated heterocycles. The summed E-state index contributed by atoms with van der Waals surface area (Å²) >= 11 is 0. The van der Waals surface area contributed by atoms with Crippen LogP contribution < -0.4 is 5.32 Å². The third-order valence-corrected chi connectivity index (χ3v) is 3.17. The van der Waals surface area contributed by atoms with Crippen LogP contribution in [0.15, 0.2) is 0 Å². The van der Waals surface area contributed by atoms with Crippen molar-refractivity contribution in [3.8, 4) is 0 Å². The van der Waals surface area contributed by atoms with Gasteiger partial charge in [0.15, 0.2) is 5.92 Å². The summed E-state index contributed by atoms with van der Waals surface area (Å²) in [6.07, 6.45) is -9.95. The molecule has 0 aromatic carbocycles. The highest BCUT2D eigenvalue weighted by Gasteiger charge is 2.61. The summed E-state index contributed by atoms with van der Waals surface area (Å²) in [5.41, 5.74) is 0. The SMILES string of the molecule is CCCNC(C1CCOC1)C(C(F)(F)F)C(F)(F)F. The lowest BCUT2D eigenvalue weighted by atomic mass is 9.86. The van der Waals surface area contributed by atoms with E-state index in [-0.39, 0.29) is 26.2 Å². The van der Waals surface area contributed by atoms with Crippen LogP contribution in [0.3, 0.4) is 0 Å². The van der Waals surface area contributed by atoms with Gasteiger partial charge in [-0.3, -0.25) is 0 Å². The normalized spacial score (nSPS) is 23.1. The molecule has 0 aliphatic carbocycles. The van der Waals surface area contributed by atoms with Crippen molar-refractivity contribution in [3.63, 3.8) is 0 Å². The number of ether oxygens (including phenoxy) is 1. The molecule has 0 bridgehead atoms. The zero-order valence-electron chi connectivity index (χ0n) is 10.4. The first-order valence-corrected chi connectivity index (χ1v) is 6.12. The highest BCUT2D eigenvalue weighted by Crippen LogP contribution is 2.44. The number of hydrogen-bond donors (Lipinski definition) is 1. The Kier molecular flexibility index (Phi) is 5.49. The molecule has 1 heterocycles. The molecule has 0 saturated carbocycles. The monoisotopic (exact) mass is 293 g/mol. The fourth-order valence-electron chi connectivity index (χ4n) is 2.30. The Labute approximate surface area is 107 Å². The van der Waals surface area contributed by atoms with Gasteiger partial charge in [-0.25, -0.2) is 0 Å². The van der Waals surface area contributed by atoms with Crippen LogP contribution in [0, 0.1) is 11.8 Å². The lowest BCUT2D eigenvalue weighted by Gasteiger charge is -2.34. The van der Waals surface area contributed by atoms with Crippen LogP contribution in [0.1, 0.15) is 19.8 Å². The summed E-state index contributed by atoms with van der Waals surface area (Å²) < 4.78 is 81.4. The van der Waals surface area contributed by atoms with Gasteiger partial charge in [-0.1, -0.05) is 6.92 Å². The van der Waals surface area contributed by atoms with Crippen LogP contribution in [0.5, 0.6) is 0 Å². The molecule has 2 atom stereocenters. The summed E-state index contributed by atoms with van der Waals surface area (Å²) in [6, 6.07) is -1.68. The van der Waals surface area contributed by atoms with E-state index in [4.69, 9.17) is 4.74 Å². The van der Waals surface area contributed by atoms with E-state index in [1.54, 1.807) is 6.92 Å². The first kappa shape index (κ1) is 16.6. The van der Waals surface area contributed by atoms with Crippen LogP contribution in [0.25, 0.3) is 0 Å². The van der Waals surface area contributed by atoms with E-state index in [9.17, 15) is 26.3 Å². The van der Waals surface area contributed by atoms with Gasteiger partial charge in [-0.15, -0.1) is 0 Å². The lowest BCUT2D eigenvalue weighted by Crippen LogP contribution is -2.54. The van der Waals surface area contributed by atoms with Crippen LogP contribution in [-0.4, -0.2) is 38.2 Å². The quantitative estimate of drug-likeness (QED) is 0.786. The van der Waals surface area contributed by atoms with E-state index >= 15 is 0 Å². The first-order chi connectivity index (χ1) is 8.68. The van der Waals surface area contributed by atoms with Crippen molar-refractivity contribution in [2.45, 2.75) is 38.2 Å². The van der Waals surface area contributed by atoms with Gasteiger partial charge < -0.3 is 10.1 Å². The van der Waals surface area contributed by atoms with Crippen molar-refractivity contribution in [1.82, 2.24) is 5.32 Å². The highest BCUT2D eigenvalue weighted by molar-refractivity contribution is 4.92. The third kappa shape index (κ3) is 4.52. The fraction of sp³-hybridized carbons (Fsp3) is 1.00. The van der Waals surface area contributed by atoms with E-state index in [1.807, 2.05) is 0 Å². The van der Waals surface area contributed by atoms with E-state index in [0.717, 1.165) is 0 Å². The van der Waals surface area contributed by atoms with Crippen molar-refractivity contribution in [2.24, 2.45) is 11.8 Å². The number of nitrogens with one attached hydrogen (secondary N) is 1. The van der Waals surface area contributed by atoms with Crippen molar-refractivity contribution >= 4 is 0 Å². The average Bonchev–Trinajstić information content (AvgIpc) is 2.73. The minimum Gasteiger partial charge on any atom is -0.381 e. The largest absolute Gasteiger partial charge is 0.402 e.